The van der Waals surface area contributed by atoms with E-state index in [0.29, 0.717) is 17.5 Å². The van der Waals surface area contributed by atoms with Gasteiger partial charge in [-0.05, 0) is 49.9 Å². The Hall–Kier alpha value is -1.84. The first-order valence-electron chi connectivity index (χ1n) is 7.23. The van der Waals surface area contributed by atoms with Gasteiger partial charge in [0.1, 0.15) is 0 Å². The fourth-order valence-electron chi connectivity index (χ4n) is 3.13. The van der Waals surface area contributed by atoms with Gasteiger partial charge in [0.15, 0.2) is 0 Å². The summed E-state index contributed by atoms with van der Waals surface area (Å²) in [5.41, 5.74) is 1.84. The molecule has 1 aliphatic carbocycles. The number of nitriles is 2. The molecule has 1 aliphatic rings. The van der Waals surface area contributed by atoms with E-state index in [1.165, 1.54) is 0 Å². The molecule has 0 N–H and O–H groups in total. The summed E-state index contributed by atoms with van der Waals surface area (Å²) in [6.07, 6.45) is 3.25. The van der Waals surface area contributed by atoms with Crippen LogP contribution in [0, 0.1) is 34.5 Å². The second-order valence-corrected chi connectivity index (χ2v) is 5.95. The van der Waals surface area contributed by atoms with E-state index in [0.717, 1.165) is 31.4 Å². The van der Waals surface area contributed by atoms with Crippen LogP contribution in [0.3, 0.4) is 0 Å². The zero-order chi connectivity index (χ0) is 14.5. The summed E-state index contributed by atoms with van der Waals surface area (Å²) in [5.74, 6) is 0.827. The molecular formula is C17H21N3. The third kappa shape index (κ3) is 3.38. The minimum Gasteiger partial charge on any atom is -0.298 e. The minimum atomic E-state index is 0.135. The van der Waals surface area contributed by atoms with Gasteiger partial charge in [-0.15, -0.1) is 0 Å². The molecule has 1 aromatic carbocycles. The van der Waals surface area contributed by atoms with Gasteiger partial charge in [-0.25, -0.2) is 0 Å². The van der Waals surface area contributed by atoms with Crippen LogP contribution in [0.15, 0.2) is 24.3 Å². The van der Waals surface area contributed by atoms with E-state index in [1.807, 2.05) is 24.3 Å². The number of rotatable bonds is 3. The van der Waals surface area contributed by atoms with Crippen LogP contribution in [-0.4, -0.2) is 18.0 Å². The van der Waals surface area contributed by atoms with Crippen molar-refractivity contribution in [1.82, 2.24) is 4.90 Å². The average molecular weight is 267 g/mol. The minimum absolute atomic E-state index is 0.135. The summed E-state index contributed by atoms with van der Waals surface area (Å²) in [4.78, 5) is 2.28. The van der Waals surface area contributed by atoms with E-state index in [4.69, 9.17) is 5.26 Å². The summed E-state index contributed by atoms with van der Waals surface area (Å²) in [5, 5.41) is 18.3. The predicted molar refractivity (Wildman–Crippen MR) is 78.5 cm³/mol. The lowest BCUT2D eigenvalue weighted by Gasteiger charge is -2.37. The van der Waals surface area contributed by atoms with Gasteiger partial charge in [0, 0.05) is 12.6 Å². The van der Waals surface area contributed by atoms with E-state index < -0.39 is 0 Å². The molecule has 0 aromatic heterocycles. The van der Waals surface area contributed by atoms with Crippen LogP contribution in [0.1, 0.15) is 37.3 Å². The maximum Gasteiger partial charge on any atom is 0.0991 e. The van der Waals surface area contributed by atoms with Crippen molar-refractivity contribution in [3.8, 4) is 12.1 Å². The van der Waals surface area contributed by atoms with Crippen molar-refractivity contribution in [1.29, 1.82) is 10.5 Å². The highest BCUT2D eigenvalue weighted by atomic mass is 15.1. The standard InChI is InChI=1S/C17H21N3/c1-13-6-7-16(11-19)17(8-13)20(2)12-15-5-3-4-14(9-15)10-18/h3-5,9,13,16-17H,6-8,12H2,1-2H3. The summed E-state index contributed by atoms with van der Waals surface area (Å²) in [7, 11) is 2.09. The Bertz CT molecular complexity index is 538. The van der Waals surface area contributed by atoms with E-state index in [-0.39, 0.29) is 5.92 Å². The monoisotopic (exact) mass is 267 g/mol. The lowest BCUT2D eigenvalue weighted by Crippen LogP contribution is -2.41. The van der Waals surface area contributed by atoms with Gasteiger partial charge in [0.2, 0.25) is 0 Å². The molecule has 2 rings (SSSR count). The molecule has 1 aromatic rings. The average Bonchev–Trinajstić information content (AvgIpc) is 2.47. The Morgan fingerprint density at radius 3 is 2.80 bits per heavy atom. The zero-order valence-corrected chi connectivity index (χ0v) is 12.2. The Labute approximate surface area is 121 Å². The Kier molecular flexibility index (Phi) is 4.77. The summed E-state index contributed by atoms with van der Waals surface area (Å²) in [6, 6.07) is 12.7. The molecule has 3 unspecified atom stereocenters. The molecule has 3 nitrogen and oxygen atoms in total. The molecule has 0 saturated heterocycles. The SMILES string of the molecule is CC1CCC(C#N)C(N(C)Cc2cccc(C#N)c2)C1. The predicted octanol–water partition coefficient (Wildman–Crippen LogP) is 3.32. The highest BCUT2D eigenvalue weighted by Gasteiger charge is 2.31. The normalized spacial score (nSPS) is 25.9. The summed E-state index contributed by atoms with van der Waals surface area (Å²) >= 11 is 0. The third-order valence-electron chi connectivity index (χ3n) is 4.30. The first-order valence-corrected chi connectivity index (χ1v) is 7.23. The topological polar surface area (TPSA) is 50.8 Å². The van der Waals surface area contributed by atoms with Crippen LogP contribution in [0.5, 0.6) is 0 Å². The molecular weight excluding hydrogens is 246 g/mol. The van der Waals surface area contributed by atoms with Crippen molar-refractivity contribution in [3.05, 3.63) is 35.4 Å². The Morgan fingerprint density at radius 2 is 2.10 bits per heavy atom. The Balaban J connectivity index is 2.08. The zero-order valence-electron chi connectivity index (χ0n) is 12.2. The van der Waals surface area contributed by atoms with Crippen molar-refractivity contribution in [3.63, 3.8) is 0 Å². The molecule has 3 heteroatoms. The second kappa shape index (κ2) is 6.55. The van der Waals surface area contributed by atoms with Gasteiger partial charge in [-0.2, -0.15) is 10.5 Å². The lowest BCUT2D eigenvalue weighted by molar-refractivity contribution is 0.125. The molecule has 0 radical (unpaired) electrons. The van der Waals surface area contributed by atoms with Crippen LogP contribution < -0.4 is 0 Å². The van der Waals surface area contributed by atoms with Gasteiger partial charge >= 0.3 is 0 Å². The highest BCUT2D eigenvalue weighted by Crippen LogP contribution is 2.32. The van der Waals surface area contributed by atoms with Gasteiger partial charge in [-0.3, -0.25) is 4.90 Å². The molecule has 104 valence electrons. The molecule has 1 fully saturated rings. The van der Waals surface area contributed by atoms with Crippen LogP contribution in [0.2, 0.25) is 0 Å². The first kappa shape index (κ1) is 14.6. The van der Waals surface area contributed by atoms with Crippen molar-refractivity contribution < 1.29 is 0 Å². The fraction of sp³-hybridized carbons (Fsp3) is 0.529. The van der Waals surface area contributed by atoms with Crippen molar-refractivity contribution >= 4 is 0 Å². The molecule has 0 amide bonds. The number of nitrogens with zero attached hydrogens (tertiary/aromatic N) is 3. The van der Waals surface area contributed by atoms with Gasteiger partial charge < -0.3 is 0 Å². The first-order chi connectivity index (χ1) is 9.63. The maximum atomic E-state index is 9.33. The Morgan fingerprint density at radius 1 is 1.30 bits per heavy atom. The lowest BCUT2D eigenvalue weighted by atomic mass is 9.79. The molecule has 0 aliphatic heterocycles. The second-order valence-electron chi connectivity index (χ2n) is 5.95. The fourth-order valence-corrected chi connectivity index (χ4v) is 3.13. The molecule has 3 atom stereocenters. The van der Waals surface area contributed by atoms with Crippen LogP contribution >= 0.6 is 0 Å². The van der Waals surface area contributed by atoms with Crippen molar-refractivity contribution in [2.45, 2.75) is 38.8 Å². The molecule has 0 heterocycles. The smallest absolute Gasteiger partial charge is 0.0991 e. The van der Waals surface area contributed by atoms with Gasteiger partial charge in [0.05, 0.1) is 23.6 Å². The molecule has 1 saturated carbocycles. The molecule has 20 heavy (non-hydrogen) atoms. The van der Waals surface area contributed by atoms with Crippen LogP contribution in [0.25, 0.3) is 0 Å². The maximum absolute atomic E-state index is 9.33. The van der Waals surface area contributed by atoms with Crippen LogP contribution in [0.4, 0.5) is 0 Å². The largest absolute Gasteiger partial charge is 0.298 e. The van der Waals surface area contributed by atoms with E-state index in [1.54, 1.807) is 0 Å². The number of hydrogen-bond donors (Lipinski definition) is 0. The summed E-state index contributed by atoms with van der Waals surface area (Å²) in [6.45, 7) is 3.07. The quantitative estimate of drug-likeness (QED) is 0.844. The van der Waals surface area contributed by atoms with Gasteiger partial charge in [0.25, 0.3) is 0 Å². The van der Waals surface area contributed by atoms with Gasteiger partial charge in [-0.1, -0.05) is 19.1 Å². The van der Waals surface area contributed by atoms with E-state index in [9.17, 15) is 5.26 Å². The van der Waals surface area contributed by atoms with Crippen LogP contribution in [-0.2, 0) is 6.54 Å². The molecule has 0 spiro atoms. The number of benzene rings is 1. The third-order valence-corrected chi connectivity index (χ3v) is 4.30. The van der Waals surface area contributed by atoms with E-state index >= 15 is 0 Å². The molecule has 0 bridgehead atoms. The van der Waals surface area contributed by atoms with Crippen molar-refractivity contribution in [2.75, 3.05) is 7.05 Å². The van der Waals surface area contributed by atoms with Crippen molar-refractivity contribution in [2.24, 2.45) is 11.8 Å². The summed E-state index contributed by atoms with van der Waals surface area (Å²) < 4.78 is 0. The number of hydrogen-bond acceptors (Lipinski definition) is 3. The van der Waals surface area contributed by atoms with E-state index in [2.05, 4.69) is 31.0 Å². The highest BCUT2D eigenvalue weighted by molar-refractivity contribution is 5.32.